The lowest BCUT2D eigenvalue weighted by molar-refractivity contribution is -0.152. The first-order valence-electron chi connectivity index (χ1n) is 7.23. The highest BCUT2D eigenvalue weighted by Crippen LogP contribution is 2.33. The summed E-state index contributed by atoms with van der Waals surface area (Å²) >= 11 is 0. The molecule has 0 aliphatic carbocycles. The van der Waals surface area contributed by atoms with E-state index in [0.717, 1.165) is 0 Å². The van der Waals surface area contributed by atoms with Gasteiger partial charge in [-0.2, -0.15) is 0 Å². The van der Waals surface area contributed by atoms with E-state index in [9.17, 15) is 19.5 Å². The van der Waals surface area contributed by atoms with Crippen LogP contribution >= 0.6 is 0 Å². The molecule has 0 spiro atoms. The van der Waals surface area contributed by atoms with Gasteiger partial charge in [0, 0.05) is 27.2 Å². The second kappa shape index (κ2) is 6.78. The SMILES string of the molecule is CCC1(C(=O)O)CCCN(C(=O)NC(C)C(=O)N(C)C)C1. The summed E-state index contributed by atoms with van der Waals surface area (Å²) < 4.78 is 0. The van der Waals surface area contributed by atoms with Crippen LogP contribution in [0.4, 0.5) is 4.79 Å². The molecule has 0 radical (unpaired) electrons. The number of piperidine rings is 1. The van der Waals surface area contributed by atoms with Crippen LogP contribution in [0.25, 0.3) is 0 Å². The smallest absolute Gasteiger partial charge is 0.318 e. The fourth-order valence-electron chi connectivity index (χ4n) is 2.65. The first kappa shape index (κ1) is 17.3. The van der Waals surface area contributed by atoms with Gasteiger partial charge in [0.2, 0.25) is 5.91 Å². The normalized spacial score (nSPS) is 23.3. The number of aliphatic carboxylic acids is 1. The maximum atomic E-state index is 12.2. The highest BCUT2D eigenvalue weighted by molar-refractivity contribution is 5.86. The summed E-state index contributed by atoms with van der Waals surface area (Å²) in [4.78, 5) is 38.4. The Labute approximate surface area is 125 Å². The van der Waals surface area contributed by atoms with Crippen LogP contribution in [0.2, 0.25) is 0 Å². The van der Waals surface area contributed by atoms with Crippen LogP contribution in [0, 0.1) is 5.41 Å². The van der Waals surface area contributed by atoms with Gasteiger partial charge < -0.3 is 20.2 Å². The van der Waals surface area contributed by atoms with E-state index in [0.29, 0.717) is 25.8 Å². The Bertz CT molecular complexity index is 424. The van der Waals surface area contributed by atoms with Gasteiger partial charge in [-0.3, -0.25) is 9.59 Å². The van der Waals surface area contributed by atoms with Crippen molar-refractivity contribution in [2.75, 3.05) is 27.2 Å². The highest BCUT2D eigenvalue weighted by atomic mass is 16.4. The molecule has 0 aromatic carbocycles. The maximum absolute atomic E-state index is 12.2. The molecule has 0 saturated carbocycles. The summed E-state index contributed by atoms with van der Waals surface area (Å²) in [7, 11) is 3.25. The first-order chi connectivity index (χ1) is 9.73. The number of likely N-dealkylation sites (N-methyl/N-ethyl adjacent to an activating group) is 1. The van der Waals surface area contributed by atoms with Gasteiger partial charge in [-0.15, -0.1) is 0 Å². The number of likely N-dealkylation sites (tertiary alicyclic amines) is 1. The zero-order chi connectivity index (χ0) is 16.2. The van der Waals surface area contributed by atoms with Crippen molar-refractivity contribution in [3.63, 3.8) is 0 Å². The number of nitrogens with one attached hydrogen (secondary N) is 1. The second-order valence-electron chi connectivity index (χ2n) is 5.87. The molecule has 1 rings (SSSR count). The van der Waals surface area contributed by atoms with Gasteiger partial charge in [-0.25, -0.2) is 4.79 Å². The molecule has 0 bridgehead atoms. The zero-order valence-corrected chi connectivity index (χ0v) is 13.2. The summed E-state index contributed by atoms with van der Waals surface area (Å²) in [5, 5.41) is 12.0. The van der Waals surface area contributed by atoms with Crippen molar-refractivity contribution in [2.24, 2.45) is 5.41 Å². The number of amides is 3. The van der Waals surface area contributed by atoms with Crippen LogP contribution < -0.4 is 5.32 Å². The predicted octanol–water partition coefficient (Wildman–Crippen LogP) is 0.750. The Balaban J connectivity index is 2.70. The van der Waals surface area contributed by atoms with E-state index in [-0.39, 0.29) is 18.5 Å². The third-order valence-corrected chi connectivity index (χ3v) is 4.15. The van der Waals surface area contributed by atoms with Gasteiger partial charge in [0.1, 0.15) is 6.04 Å². The van der Waals surface area contributed by atoms with Gasteiger partial charge in [0.15, 0.2) is 0 Å². The van der Waals surface area contributed by atoms with Crippen LogP contribution in [0.5, 0.6) is 0 Å². The molecular formula is C14H25N3O4. The molecule has 2 N–H and O–H groups in total. The van der Waals surface area contributed by atoms with E-state index >= 15 is 0 Å². The summed E-state index contributed by atoms with van der Waals surface area (Å²) in [6.45, 7) is 4.15. The standard InChI is InChI=1S/C14H25N3O4/c1-5-14(12(19)20)7-6-8-17(9-14)13(21)15-10(2)11(18)16(3)4/h10H,5-9H2,1-4H3,(H,15,21)(H,19,20). The Morgan fingerprint density at radius 1 is 1.38 bits per heavy atom. The first-order valence-corrected chi connectivity index (χ1v) is 7.23. The van der Waals surface area contributed by atoms with Crippen molar-refractivity contribution in [1.82, 2.24) is 15.1 Å². The number of rotatable bonds is 4. The maximum Gasteiger partial charge on any atom is 0.318 e. The van der Waals surface area contributed by atoms with Gasteiger partial charge in [0.25, 0.3) is 0 Å². The second-order valence-corrected chi connectivity index (χ2v) is 5.87. The number of hydrogen-bond donors (Lipinski definition) is 2. The predicted molar refractivity (Wildman–Crippen MR) is 77.9 cm³/mol. The molecule has 2 atom stereocenters. The third-order valence-electron chi connectivity index (χ3n) is 4.15. The quantitative estimate of drug-likeness (QED) is 0.801. The fraction of sp³-hybridized carbons (Fsp3) is 0.786. The van der Waals surface area contributed by atoms with Gasteiger partial charge in [-0.1, -0.05) is 6.92 Å². The molecule has 0 aromatic rings. The number of hydrogen-bond acceptors (Lipinski definition) is 3. The number of carbonyl (C=O) groups is 3. The monoisotopic (exact) mass is 299 g/mol. The van der Waals surface area contributed by atoms with Crippen molar-refractivity contribution in [1.29, 1.82) is 0 Å². The minimum absolute atomic E-state index is 0.188. The Kier molecular flexibility index (Phi) is 5.57. The van der Waals surface area contributed by atoms with Crippen molar-refractivity contribution in [2.45, 2.75) is 39.2 Å². The van der Waals surface area contributed by atoms with E-state index in [4.69, 9.17) is 0 Å². The largest absolute Gasteiger partial charge is 0.481 e. The molecule has 21 heavy (non-hydrogen) atoms. The summed E-state index contributed by atoms with van der Waals surface area (Å²) in [6, 6.07) is -1.01. The van der Waals surface area contributed by atoms with Crippen LogP contribution in [-0.2, 0) is 9.59 Å². The van der Waals surface area contributed by atoms with E-state index < -0.39 is 17.4 Å². The summed E-state index contributed by atoms with van der Waals surface area (Å²) in [5.41, 5.74) is -0.871. The van der Waals surface area contributed by atoms with Crippen LogP contribution in [-0.4, -0.2) is 66.0 Å². The minimum atomic E-state index is -0.871. The molecule has 120 valence electrons. The van der Waals surface area contributed by atoms with Crippen LogP contribution in [0.1, 0.15) is 33.1 Å². The Hall–Kier alpha value is -1.79. The average molecular weight is 299 g/mol. The number of carbonyl (C=O) groups excluding carboxylic acids is 2. The fourth-order valence-corrected chi connectivity index (χ4v) is 2.65. The lowest BCUT2D eigenvalue weighted by atomic mass is 9.78. The Morgan fingerprint density at radius 3 is 2.48 bits per heavy atom. The van der Waals surface area contributed by atoms with E-state index in [1.54, 1.807) is 21.0 Å². The molecule has 1 saturated heterocycles. The number of carboxylic acid groups (broad SMARTS) is 1. The van der Waals surface area contributed by atoms with Crippen molar-refractivity contribution >= 4 is 17.9 Å². The molecule has 2 unspecified atom stereocenters. The molecule has 3 amide bonds. The molecule has 0 aromatic heterocycles. The molecular weight excluding hydrogens is 274 g/mol. The average Bonchev–Trinajstić information content (AvgIpc) is 2.45. The topological polar surface area (TPSA) is 90.0 Å². The highest BCUT2D eigenvalue weighted by Gasteiger charge is 2.42. The molecule has 7 nitrogen and oxygen atoms in total. The number of carboxylic acids is 1. The molecule has 1 heterocycles. The minimum Gasteiger partial charge on any atom is -0.481 e. The van der Waals surface area contributed by atoms with Crippen LogP contribution in [0.3, 0.4) is 0 Å². The third kappa shape index (κ3) is 3.86. The van der Waals surface area contributed by atoms with Crippen molar-refractivity contribution in [3.05, 3.63) is 0 Å². The number of nitrogens with zero attached hydrogens (tertiary/aromatic N) is 2. The van der Waals surface area contributed by atoms with Gasteiger partial charge in [0.05, 0.1) is 5.41 Å². The molecule has 1 fully saturated rings. The molecule has 1 aliphatic heterocycles. The molecule has 7 heteroatoms. The van der Waals surface area contributed by atoms with Gasteiger partial charge in [-0.05, 0) is 26.2 Å². The summed E-state index contributed by atoms with van der Waals surface area (Å²) in [6.07, 6.45) is 1.72. The lowest BCUT2D eigenvalue weighted by Crippen LogP contribution is -2.55. The number of urea groups is 1. The van der Waals surface area contributed by atoms with E-state index in [2.05, 4.69) is 5.32 Å². The van der Waals surface area contributed by atoms with E-state index in [1.807, 2.05) is 6.92 Å². The van der Waals surface area contributed by atoms with E-state index in [1.165, 1.54) is 9.80 Å². The van der Waals surface area contributed by atoms with Gasteiger partial charge >= 0.3 is 12.0 Å². The van der Waals surface area contributed by atoms with Crippen molar-refractivity contribution < 1.29 is 19.5 Å². The van der Waals surface area contributed by atoms with Crippen molar-refractivity contribution in [3.8, 4) is 0 Å². The summed E-state index contributed by atoms with van der Waals surface area (Å²) in [5.74, 6) is -1.06. The zero-order valence-electron chi connectivity index (χ0n) is 13.2. The Morgan fingerprint density at radius 2 is 2.00 bits per heavy atom. The van der Waals surface area contributed by atoms with Crippen LogP contribution in [0.15, 0.2) is 0 Å². The molecule has 1 aliphatic rings. The lowest BCUT2D eigenvalue weighted by Gasteiger charge is -2.39.